The molecule has 2 aliphatic heterocycles. The first-order chi connectivity index (χ1) is 9.97. The van der Waals surface area contributed by atoms with E-state index in [2.05, 4.69) is 32.2 Å². The van der Waals surface area contributed by atoms with Gasteiger partial charge in [0.2, 0.25) is 0 Å². The van der Waals surface area contributed by atoms with Crippen molar-refractivity contribution in [2.24, 2.45) is 5.92 Å². The lowest BCUT2D eigenvalue weighted by Gasteiger charge is -2.55. The number of hydrogen-bond acceptors (Lipinski definition) is 3. The lowest BCUT2D eigenvalue weighted by atomic mass is 9.81. The molecule has 5 heteroatoms. The van der Waals surface area contributed by atoms with Crippen LogP contribution in [0.1, 0.15) is 38.8 Å². The average molecular weight is 306 g/mol. The number of thiocarbonyl (C=S) groups is 1. The molecule has 0 radical (unpaired) electrons. The highest BCUT2D eigenvalue weighted by Gasteiger charge is 2.51. The predicted octanol–water partition coefficient (Wildman–Crippen LogP) is 3.08. The molecule has 3 unspecified atom stereocenters. The summed E-state index contributed by atoms with van der Waals surface area (Å²) in [4.78, 5) is 2.01. The number of fused-ring (bicyclic) bond motifs is 4. The van der Waals surface area contributed by atoms with Crippen molar-refractivity contribution >= 4 is 17.3 Å². The summed E-state index contributed by atoms with van der Waals surface area (Å²) in [6.07, 6.45) is 0.994. The Hall–Kier alpha value is -1.49. The van der Waals surface area contributed by atoms with Gasteiger partial charge in [0.1, 0.15) is 11.5 Å². The fourth-order valence-corrected chi connectivity index (χ4v) is 3.38. The number of benzene rings is 1. The number of rotatable bonds is 3. The summed E-state index contributed by atoms with van der Waals surface area (Å²) in [5.74, 6) is 2.04. The third-order valence-electron chi connectivity index (χ3n) is 4.70. The van der Waals surface area contributed by atoms with Gasteiger partial charge in [0, 0.05) is 24.6 Å². The number of hydrogen-bond donors (Lipinski definition) is 1. The SMILES string of the molecule is CCCOc1ccc2c(c1)OC1(C)C(C)C2NC(=S)N1C. The zero-order chi connectivity index (χ0) is 15.2. The van der Waals surface area contributed by atoms with Crippen LogP contribution >= 0.6 is 12.2 Å². The minimum absolute atomic E-state index is 0.183. The first kappa shape index (κ1) is 14.4. The maximum atomic E-state index is 6.32. The standard InChI is InChI=1S/C16H22N2O2S/c1-5-8-19-11-6-7-12-13(9-11)20-16(3)10(2)14(12)17-15(21)18(16)4/h6-7,9-10,14H,5,8H2,1-4H3,(H,17,21). The van der Waals surface area contributed by atoms with E-state index < -0.39 is 5.72 Å². The lowest BCUT2D eigenvalue weighted by molar-refractivity contribution is -0.0999. The summed E-state index contributed by atoms with van der Waals surface area (Å²) in [5, 5.41) is 4.16. The Labute approximate surface area is 131 Å². The minimum Gasteiger partial charge on any atom is -0.493 e. The van der Waals surface area contributed by atoms with Crippen LogP contribution in [0.5, 0.6) is 11.5 Å². The van der Waals surface area contributed by atoms with Gasteiger partial charge in [-0.15, -0.1) is 0 Å². The van der Waals surface area contributed by atoms with E-state index in [1.165, 1.54) is 0 Å². The highest BCUT2D eigenvalue weighted by molar-refractivity contribution is 7.80. The van der Waals surface area contributed by atoms with Gasteiger partial charge in [-0.3, -0.25) is 0 Å². The van der Waals surface area contributed by atoms with Crippen molar-refractivity contribution in [1.29, 1.82) is 0 Å². The first-order valence-electron chi connectivity index (χ1n) is 7.47. The molecule has 21 heavy (non-hydrogen) atoms. The van der Waals surface area contributed by atoms with Crippen LogP contribution in [0, 0.1) is 5.92 Å². The highest BCUT2D eigenvalue weighted by Crippen LogP contribution is 2.48. The van der Waals surface area contributed by atoms with Gasteiger partial charge in [-0.25, -0.2) is 0 Å². The van der Waals surface area contributed by atoms with Crippen LogP contribution in [-0.2, 0) is 0 Å². The molecular formula is C16H22N2O2S. The molecule has 114 valence electrons. The topological polar surface area (TPSA) is 33.7 Å². The zero-order valence-corrected chi connectivity index (χ0v) is 13.8. The van der Waals surface area contributed by atoms with Gasteiger partial charge in [0.25, 0.3) is 0 Å². The molecule has 2 aliphatic rings. The molecular weight excluding hydrogens is 284 g/mol. The molecule has 4 nitrogen and oxygen atoms in total. The van der Waals surface area contributed by atoms with Gasteiger partial charge in [0.15, 0.2) is 10.8 Å². The minimum atomic E-state index is -0.427. The van der Waals surface area contributed by atoms with Crippen molar-refractivity contribution in [2.45, 2.75) is 39.0 Å². The Kier molecular flexibility index (Phi) is 3.48. The van der Waals surface area contributed by atoms with Crippen LogP contribution in [0.3, 0.4) is 0 Å². The van der Waals surface area contributed by atoms with E-state index >= 15 is 0 Å². The van der Waals surface area contributed by atoms with Crippen molar-refractivity contribution in [1.82, 2.24) is 10.2 Å². The van der Waals surface area contributed by atoms with E-state index in [9.17, 15) is 0 Å². The molecule has 0 amide bonds. The van der Waals surface area contributed by atoms with Crippen LogP contribution < -0.4 is 14.8 Å². The molecule has 1 N–H and O–H groups in total. The van der Waals surface area contributed by atoms with E-state index in [1.54, 1.807) is 0 Å². The summed E-state index contributed by atoms with van der Waals surface area (Å²) in [7, 11) is 1.98. The third-order valence-corrected chi connectivity index (χ3v) is 5.10. The Morgan fingerprint density at radius 3 is 2.95 bits per heavy atom. The molecule has 0 spiro atoms. The second-order valence-corrected chi connectivity index (χ2v) is 6.37. The van der Waals surface area contributed by atoms with Crippen molar-refractivity contribution in [2.75, 3.05) is 13.7 Å². The van der Waals surface area contributed by atoms with Crippen molar-refractivity contribution < 1.29 is 9.47 Å². The van der Waals surface area contributed by atoms with Crippen LogP contribution in [-0.4, -0.2) is 29.4 Å². The van der Waals surface area contributed by atoms with Gasteiger partial charge in [-0.05, 0) is 37.7 Å². The fourth-order valence-electron chi connectivity index (χ4n) is 3.07. The molecule has 0 aliphatic carbocycles. The molecule has 3 atom stereocenters. The van der Waals surface area contributed by atoms with Crippen LogP contribution in [0.25, 0.3) is 0 Å². The normalized spacial score (nSPS) is 30.3. The van der Waals surface area contributed by atoms with E-state index in [0.29, 0.717) is 5.92 Å². The van der Waals surface area contributed by atoms with Gasteiger partial charge >= 0.3 is 0 Å². The van der Waals surface area contributed by atoms with Crippen molar-refractivity contribution in [3.05, 3.63) is 23.8 Å². The Bertz CT molecular complexity index is 577. The second-order valence-electron chi connectivity index (χ2n) is 5.98. The fraction of sp³-hybridized carbons (Fsp3) is 0.562. The van der Waals surface area contributed by atoms with Crippen LogP contribution in [0.2, 0.25) is 0 Å². The van der Waals surface area contributed by atoms with Gasteiger partial charge < -0.3 is 19.7 Å². The third kappa shape index (κ3) is 2.14. The summed E-state index contributed by atoms with van der Waals surface area (Å²) in [6, 6.07) is 6.27. The monoisotopic (exact) mass is 306 g/mol. The Balaban J connectivity index is 2.00. The van der Waals surface area contributed by atoms with Crippen molar-refractivity contribution in [3.63, 3.8) is 0 Å². The summed E-state index contributed by atoms with van der Waals surface area (Å²) in [5.41, 5.74) is 0.725. The van der Waals surface area contributed by atoms with Crippen LogP contribution in [0.4, 0.5) is 0 Å². The zero-order valence-electron chi connectivity index (χ0n) is 13.0. The van der Waals surface area contributed by atoms with Crippen LogP contribution in [0.15, 0.2) is 18.2 Å². The van der Waals surface area contributed by atoms with Gasteiger partial charge in [-0.1, -0.05) is 13.8 Å². The predicted molar refractivity (Wildman–Crippen MR) is 86.7 cm³/mol. The Morgan fingerprint density at radius 2 is 2.24 bits per heavy atom. The van der Waals surface area contributed by atoms with E-state index in [0.717, 1.165) is 35.2 Å². The quantitative estimate of drug-likeness (QED) is 0.868. The molecule has 0 saturated carbocycles. The molecule has 1 aromatic carbocycles. The average Bonchev–Trinajstić information content (AvgIpc) is 2.47. The molecule has 2 bridgehead atoms. The van der Waals surface area contributed by atoms with Gasteiger partial charge in [0.05, 0.1) is 12.6 Å². The maximum absolute atomic E-state index is 6.32. The highest BCUT2D eigenvalue weighted by atomic mass is 32.1. The lowest BCUT2D eigenvalue weighted by Crippen LogP contribution is -2.67. The summed E-state index contributed by atoms with van der Waals surface area (Å²) >= 11 is 5.43. The first-order valence-corrected chi connectivity index (χ1v) is 7.88. The number of nitrogens with one attached hydrogen (secondary N) is 1. The largest absolute Gasteiger partial charge is 0.493 e. The molecule has 1 fully saturated rings. The van der Waals surface area contributed by atoms with E-state index in [1.807, 2.05) is 24.1 Å². The molecule has 0 aromatic heterocycles. The Morgan fingerprint density at radius 1 is 1.48 bits per heavy atom. The van der Waals surface area contributed by atoms with E-state index in [4.69, 9.17) is 21.7 Å². The van der Waals surface area contributed by atoms with E-state index in [-0.39, 0.29) is 6.04 Å². The molecule has 3 rings (SSSR count). The van der Waals surface area contributed by atoms with Gasteiger partial charge in [-0.2, -0.15) is 0 Å². The molecule has 1 saturated heterocycles. The summed E-state index contributed by atoms with van der Waals surface area (Å²) < 4.78 is 12.0. The number of ether oxygens (including phenoxy) is 2. The second kappa shape index (κ2) is 5.05. The van der Waals surface area contributed by atoms with Crippen molar-refractivity contribution in [3.8, 4) is 11.5 Å². The summed E-state index contributed by atoms with van der Waals surface area (Å²) in [6.45, 7) is 7.11. The smallest absolute Gasteiger partial charge is 0.186 e. The number of nitrogens with zero attached hydrogens (tertiary/aromatic N) is 1. The maximum Gasteiger partial charge on any atom is 0.186 e. The molecule has 1 aromatic rings. The molecule has 2 heterocycles.